The average molecular weight is 437 g/mol. The molecule has 120 valence electrons. The first-order valence-corrected chi connectivity index (χ1v) is 8.23. The van der Waals surface area contributed by atoms with Crippen molar-refractivity contribution < 1.29 is 19.7 Å². The number of halogens is 2. The fourth-order valence-corrected chi connectivity index (χ4v) is 3.87. The van der Waals surface area contributed by atoms with Crippen LogP contribution in [0.25, 0.3) is 0 Å². The van der Waals surface area contributed by atoms with Crippen molar-refractivity contribution in [1.29, 1.82) is 0 Å². The van der Waals surface area contributed by atoms with Crippen LogP contribution in [0.5, 0.6) is 11.5 Å². The summed E-state index contributed by atoms with van der Waals surface area (Å²) >= 11 is 6.65. The summed E-state index contributed by atoms with van der Waals surface area (Å²) in [6.45, 7) is 1.20. The lowest BCUT2D eigenvalue weighted by molar-refractivity contribution is -0.0407. The van der Waals surface area contributed by atoms with Crippen molar-refractivity contribution in [1.82, 2.24) is 15.5 Å². The zero-order valence-corrected chi connectivity index (χ0v) is 14.9. The maximum atomic E-state index is 11.6. The molecule has 9 heteroatoms. The monoisotopic (exact) mass is 435 g/mol. The Bertz CT molecular complexity index is 642. The molecule has 1 aromatic carbocycles. The van der Waals surface area contributed by atoms with E-state index in [2.05, 4.69) is 42.5 Å². The highest BCUT2D eigenvalue weighted by atomic mass is 79.9. The number of methoxy groups -OCH3 is 1. The Kier molecular flexibility index (Phi) is 4.00. The minimum absolute atomic E-state index is 0.198. The number of urea groups is 1. The topological polar surface area (TPSA) is 94.1 Å². The van der Waals surface area contributed by atoms with Crippen molar-refractivity contribution >= 4 is 37.9 Å². The van der Waals surface area contributed by atoms with Gasteiger partial charge in [0.05, 0.1) is 4.47 Å². The quantitative estimate of drug-likeness (QED) is 0.542. The minimum atomic E-state index is -0.722. The van der Waals surface area contributed by atoms with Gasteiger partial charge in [-0.15, -0.1) is 0 Å². The van der Waals surface area contributed by atoms with E-state index in [9.17, 15) is 15.0 Å². The second-order valence-corrected chi connectivity index (χ2v) is 6.93. The molecule has 0 radical (unpaired) electrons. The molecule has 3 rings (SSSR count). The fraction of sp³-hybridized carbons (Fsp3) is 0.462. The largest absolute Gasteiger partial charge is 0.504 e. The summed E-state index contributed by atoms with van der Waals surface area (Å²) in [5.41, 5.74) is 0.0648. The number of carbonyl (C=O) groups excluding carboxylic acids is 1. The van der Waals surface area contributed by atoms with E-state index in [1.54, 1.807) is 7.11 Å². The second-order valence-electron chi connectivity index (χ2n) is 5.35. The van der Waals surface area contributed by atoms with Crippen molar-refractivity contribution in [3.05, 3.63) is 20.6 Å². The Morgan fingerprint density at radius 3 is 2.86 bits per heavy atom. The maximum Gasteiger partial charge on any atom is 0.318 e. The summed E-state index contributed by atoms with van der Waals surface area (Å²) < 4.78 is 6.57. The first kappa shape index (κ1) is 15.9. The Balaban J connectivity index is 1.87. The van der Waals surface area contributed by atoms with Crippen molar-refractivity contribution in [3.8, 4) is 11.5 Å². The molecule has 2 fully saturated rings. The van der Waals surface area contributed by atoms with Gasteiger partial charge in [-0.2, -0.15) is 0 Å². The average Bonchev–Trinajstić information content (AvgIpc) is 2.98. The van der Waals surface area contributed by atoms with Crippen molar-refractivity contribution in [2.75, 3.05) is 13.7 Å². The molecule has 2 heterocycles. The molecule has 0 aliphatic carbocycles. The third-order valence-electron chi connectivity index (χ3n) is 4.14. The van der Waals surface area contributed by atoms with Crippen LogP contribution in [0.4, 0.5) is 4.79 Å². The molecule has 0 saturated carbocycles. The number of hydrogen-bond acceptors (Lipinski definition) is 5. The number of carbonyl (C=O) groups is 1. The number of aromatic hydroxyl groups is 2. The van der Waals surface area contributed by atoms with E-state index >= 15 is 0 Å². The van der Waals surface area contributed by atoms with Crippen molar-refractivity contribution in [3.63, 3.8) is 0 Å². The zero-order chi connectivity index (χ0) is 16.1. The molecule has 2 amide bonds. The lowest BCUT2D eigenvalue weighted by atomic mass is 10.1. The summed E-state index contributed by atoms with van der Waals surface area (Å²) in [6.07, 6.45) is 0.377. The molecule has 0 aromatic heterocycles. The Morgan fingerprint density at radius 1 is 1.45 bits per heavy atom. The molecule has 0 spiro atoms. The molecule has 2 saturated heterocycles. The van der Waals surface area contributed by atoms with Gasteiger partial charge in [0, 0.05) is 31.1 Å². The van der Waals surface area contributed by atoms with Crippen LogP contribution in [0.2, 0.25) is 0 Å². The van der Waals surface area contributed by atoms with Gasteiger partial charge < -0.3 is 25.6 Å². The van der Waals surface area contributed by atoms with E-state index in [-0.39, 0.29) is 23.7 Å². The standard InChI is InChI=1S/C13H15Br2N3O4/c1-22-13-2-3-18(11(13)16-12(21)17-13)5-6-4-7(19)10(20)9(15)8(6)14/h4,11,19-20H,2-3,5H2,1H3,(H2,16,17,21)/t11-,13-/m1/s1. The summed E-state index contributed by atoms with van der Waals surface area (Å²) in [6, 6.07) is 1.24. The van der Waals surface area contributed by atoms with Crippen molar-refractivity contribution in [2.45, 2.75) is 24.9 Å². The molecular weight excluding hydrogens is 422 g/mol. The number of ether oxygens (including phenoxy) is 1. The SMILES string of the molecule is CO[C@]12CCN(Cc3cc(O)c(O)c(Br)c3Br)[C@H]1NC(=O)N2. The van der Waals surface area contributed by atoms with E-state index in [4.69, 9.17) is 4.74 Å². The predicted octanol–water partition coefficient (Wildman–Crippen LogP) is 1.81. The number of fused-ring (bicyclic) bond motifs is 1. The Morgan fingerprint density at radius 2 is 2.18 bits per heavy atom. The molecule has 2 aliphatic heterocycles. The number of benzene rings is 1. The van der Waals surface area contributed by atoms with Crippen LogP contribution >= 0.6 is 31.9 Å². The summed E-state index contributed by atoms with van der Waals surface area (Å²) in [5.74, 6) is -0.407. The minimum Gasteiger partial charge on any atom is -0.504 e. The third-order valence-corrected chi connectivity index (χ3v) is 6.35. The van der Waals surface area contributed by atoms with Crippen LogP contribution in [0, 0.1) is 0 Å². The highest BCUT2D eigenvalue weighted by Crippen LogP contribution is 2.42. The smallest absolute Gasteiger partial charge is 0.318 e. The van der Waals surface area contributed by atoms with Crippen LogP contribution < -0.4 is 10.6 Å². The molecular formula is C13H15Br2N3O4. The molecule has 0 unspecified atom stereocenters. The second kappa shape index (κ2) is 5.55. The van der Waals surface area contributed by atoms with Gasteiger partial charge in [0.1, 0.15) is 6.17 Å². The number of phenols is 2. The van der Waals surface area contributed by atoms with Crippen molar-refractivity contribution in [2.24, 2.45) is 0 Å². The number of phenolic OH excluding ortho intramolecular Hbond substituents is 2. The van der Waals surface area contributed by atoms with Gasteiger partial charge in [-0.25, -0.2) is 4.79 Å². The zero-order valence-electron chi connectivity index (χ0n) is 11.7. The molecule has 2 aliphatic rings. The van der Waals surface area contributed by atoms with Gasteiger partial charge in [-0.05, 0) is 43.5 Å². The highest BCUT2D eigenvalue weighted by molar-refractivity contribution is 9.13. The van der Waals surface area contributed by atoms with Crippen LogP contribution in [-0.2, 0) is 11.3 Å². The van der Waals surface area contributed by atoms with Gasteiger partial charge in [0.15, 0.2) is 17.2 Å². The fourth-order valence-electron chi connectivity index (χ4n) is 2.98. The lowest BCUT2D eigenvalue weighted by Gasteiger charge is -2.29. The molecule has 22 heavy (non-hydrogen) atoms. The van der Waals surface area contributed by atoms with E-state index in [0.29, 0.717) is 21.9 Å². The Hall–Kier alpha value is -1.03. The molecule has 4 N–H and O–H groups in total. The lowest BCUT2D eigenvalue weighted by Crippen LogP contribution is -2.51. The molecule has 0 bridgehead atoms. The van der Waals surface area contributed by atoms with Crippen LogP contribution in [0.15, 0.2) is 15.0 Å². The van der Waals surface area contributed by atoms with Crippen LogP contribution in [0.1, 0.15) is 12.0 Å². The van der Waals surface area contributed by atoms with E-state index < -0.39 is 5.72 Å². The van der Waals surface area contributed by atoms with Gasteiger partial charge in [-0.1, -0.05) is 0 Å². The van der Waals surface area contributed by atoms with Gasteiger partial charge in [0.25, 0.3) is 0 Å². The normalized spacial score (nSPS) is 27.6. The first-order valence-electron chi connectivity index (χ1n) is 6.64. The highest BCUT2D eigenvalue weighted by Gasteiger charge is 2.54. The number of likely N-dealkylation sites (tertiary alicyclic amines) is 1. The van der Waals surface area contributed by atoms with Crippen LogP contribution in [-0.4, -0.2) is 46.7 Å². The van der Waals surface area contributed by atoms with Gasteiger partial charge in [-0.3, -0.25) is 4.90 Å². The molecule has 2 atom stereocenters. The summed E-state index contributed by atoms with van der Waals surface area (Å²) in [5, 5.41) is 25.2. The number of rotatable bonds is 3. The van der Waals surface area contributed by atoms with E-state index in [1.807, 2.05) is 4.90 Å². The first-order chi connectivity index (χ1) is 10.4. The summed E-state index contributed by atoms with van der Waals surface area (Å²) in [4.78, 5) is 13.7. The number of amides is 2. The van der Waals surface area contributed by atoms with E-state index in [0.717, 1.165) is 12.1 Å². The predicted molar refractivity (Wildman–Crippen MR) is 85.4 cm³/mol. The number of hydrogen-bond donors (Lipinski definition) is 4. The molecule has 1 aromatic rings. The van der Waals surface area contributed by atoms with Crippen LogP contribution in [0.3, 0.4) is 0 Å². The third kappa shape index (κ3) is 2.36. The van der Waals surface area contributed by atoms with E-state index in [1.165, 1.54) is 6.07 Å². The number of nitrogens with zero attached hydrogens (tertiary/aromatic N) is 1. The van der Waals surface area contributed by atoms with Gasteiger partial charge in [0.2, 0.25) is 0 Å². The molecule has 7 nitrogen and oxygen atoms in total. The maximum absolute atomic E-state index is 11.6. The number of nitrogens with one attached hydrogen (secondary N) is 2. The Labute approximate surface area is 143 Å². The van der Waals surface area contributed by atoms with Gasteiger partial charge >= 0.3 is 6.03 Å². The summed E-state index contributed by atoms with van der Waals surface area (Å²) in [7, 11) is 1.57.